The quantitative estimate of drug-likeness (QED) is 0.475. The van der Waals surface area contributed by atoms with Crippen LogP contribution < -0.4 is 4.74 Å². The van der Waals surface area contributed by atoms with E-state index in [0.29, 0.717) is 5.75 Å². The molecule has 0 atom stereocenters. The lowest BCUT2D eigenvalue weighted by atomic mass is 10.3. The van der Waals surface area contributed by atoms with Gasteiger partial charge in [-0.05, 0) is 18.2 Å². The first-order valence-corrected chi connectivity index (χ1v) is 4.85. The minimum Gasteiger partial charge on any atom is -0.434 e. The number of nitro groups is 1. The highest BCUT2D eigenvalue weighted by atomic mass is 35.5. The molecule has 0 saturated carbocycles. The second kappa shape index (κ2) is 4.75. The zero-order valence-corrected chi connectivity index (χ0v) is 9.09. The number of hydrogen-bond donors (Lipinski definition) is 0. The molecule has 1 aromatic heterocycles. The summed E-state index contributed by atoms with van der Waals surface area (Å²) in [6.07, 6.45) is 1.09. The number of nitrogens with zero attached hydrogens (tertiary/aromatic N) is 3. The summed E-state index contributed by atoms with van der Waals surface area (Å²) in [4.78, 5) is 17.3. The summed E-state index contributed by atoms with van der Waals surface area (Å²) < 4.78 is 5.24. The molecule has 0 amide bonds. The Morgan fingerprint density at radius 1 is 1.47 bits per heavy atom. The summed E-state index contributed by atoms with van der Waals surface area (Å²) in [7, 11) is 0. The van der Waals surface area contributed by atoms with Gasteiger partial charge in [0, 0.05) is 0 Å². The Morgan fingerprint density at radius 3 is 2.94 bits per heavy atom. The molecule has 7 heteroatoms. The molecule has 2 rings (SSSR count). The van der Waals surface area contributed by atoms with E-state index in [1.807, 2.05) is 0 Å². The smallest absolute Gasteiger partial charge is 0.368 e. The topological polar surface area (TPSA) is 78.2 Å². The van der Waals surface area contributed by atoms with E-state index in [2.05, 4.69) is 16.0 Å². The molecule has 1 aromatic carbocycles. The molecule has 0 aliphatic rings. The largest absolute Gasteiger partial charge is 0.434 e. The Kier molecular flexibility index (Phi) is 3.15. The van der Waals surface area contributed by atoms with Gasteiger partial charge in [0.05, 0.1) is 4.92 Å². The van der Waals surface area contributed by atoms with Crippen molar-refractivity contribution in [3.63, 3.8) is 0 Å². The summed E-state index contributed by atoms with van der Waals surface area (Å²) in [5.74, 6) is 0.181. The molecule has 0 N–H and O–H groups in total. The first kappa shape index (κ1) is 11.3. The van der Waals surface area contributed by atoms with E-state index < -0.39 is 10.6 Å². The molecule has 17 heavy (non-hydrogen) atoms. The van der Waals surface area contributed by atoms with Crippen molar-refractivity contribution in [2.24, 2.45) is 0 Å². The second-order valence-corrected chi connectivity index (χ2v) is 3.27. The highest BCUT2D eigenvalue weighted by Gasteiger charge is 2.23. The minimum atomic E-state index is -0.690. The average Bonchev–Trinajstić information content (AvgIpc) is 2.30. The Labute approximate surface area is 101 Å². The van der Waals surface area contributed by atoms with Gasteiger partial charge < -0.3 is 4.74 Å². The van der Waals surface area contributed by atoms with E-state index in [1.54, 1.807) is 18.2 Å². The summed E-state index contributed by atoms with van der Waals surface area (Å²) in [6.45, 7) is 0. The molecule has 1 radical (unpaired) electrons. The predicted molar refractivity (Wildman–Crippen MR) is 59.0 cm³/mol. The van der Waals surface area contributed by atoms with Gasteiger partial charge in [0.2, 0.25) is 5.15 Å². The van der Waals surface area contributed by atoms with Gasteiger partial charge in [0.25, 0.3) is 0 Å². The third kappa shape index (κ3) is 2.48. The van der Waals surface area contributed by atoms with Gasteiger partial charge in [0.15, 0.2) is 0 Å². The minimum absolute atomic E-state index is 0.199. The van der Waals surface area contributed by atoms with E-state index in [1.165, 1.54) is 6.07 Å². The lowest BCUT2D eigenvalue weighted by Crippen LogP contribution is -1.98. The SMILES string of the molecule is O=[N+]([O-])c1c(Cl)ncnc1Oc1c[c]ccc1. The van der Waals surface area contributed by atoms with Crippen molar-refractivity contribution in [2.45, 2.75) is 0 Å². The first-order chi connectivity index (χ1) is 8.18. The normalized spacial score (nSPS) is 9.94. The fourth-order valence-corrected chi connectivity index (χ4v) is 1.32. The van der Waals surface area contributed by atoms with Crippen LogP contribution in [0.4, 0.5) is 5.69 Å². The van der Waals surface area contributed by atoms with Gasteiger partial charge in [0.1, 0.15) is 12.1 Å². The average molecular weight is 251 g/mol. The van der Waals surface area contributed by atoms with Gasteiger partial charge in [-0.15, -0.1) is 0 Å². The number of ether oxygens (including phenoxy) is 1. The Hall–Kier alpha value is -2.21. The Morgan fingerprint density at radius 2 is 2.29 bits per heavy atom. The van der Waals surface area contributed by atoms with Gasteiger partial charge in [-0.2, -0.15) is 4.98 Å². The van der Waals surface area contributed by atoms with Crippen molar-refractivity contribution < 1.29 is 9.66 Å². The van der Waals surface area contributed by atoms with Crippen LogP contribution in [0.2, 0.25) is 5.15 Å². The molecule has 0 bridgehead atoms. The summed E-state index contributed by atoms with van der Waals surface area (Å²) in [5, 5.41) is 10.5. The van der Waals surface area contributed by atoms with Crippen LogP contribution in [0.3, 0.4) is 0 Å². The van der Waals surface area contributed by atoms with Crippen LogP contribution in [0.1, 0.15) is 0 Å². The first-order valence-electron chi connectivity index (χ1n) is 4.47. The molecule has 1 heterocycles. The number of aromatic nitrogens is 2. The van der Waals surface area contributed by atoms with Gasteiger partial charge >= 0.3 is 11.6 Å². The van der Waals surface area contributed by atoms with Crippen LogP contribution >= 0.6 is 11.6 Å². The van der Waals surface area contributed by atoms with Crippen molar-refractivity contribution >= 4 is 17.3 Å². The molecule has 0 aliphatic carbocycles. The van der Waals surface area contributed by atoms with Crippen molar-refractivity contribution in [1.29, 1.82) is 0 Å². The third-order valence-corrected chi connectivity index (χ3v) is 2.10. The Balaban J connectivity index is 2.40. The standard InChI is InChI=1S/C10H5ClN3O3/c11-9-8(14(15)16)10(13-6-12-9)17-7-4-2-1-3-5-7/h1-2,4-6H. The molecule has 0 fully saturated rings. The van der Waals surface area contributed by atoms with Crippen molar-refractivity contribution in [1.82, 2.24) is 9.97 Å². The predicted octanol–water partition coefficient (Wildman–Crippen LogP) is 2.63. The monoisotopic (exact) mass is 250 g/mol. The van der Waals surface area contributed by atoms with E-state index in [-0.39, 0.29) is 11.0 Å². The molecular formula is C10H5ClN3O3. The highest BCUT2D eigenvalue weighted by Crippen LogP contribution is 2.33. The van der Waals surface area contributed by atoms with E-state index >= 15 is 0 Å². The highest BCUT2D eigenvalue weighted by molar-refractivity contribution is 6.31. The fourth-order valence-electron chi connectivity index (χ4n) is 1.12. The maximum atomic E-state index is 10.8. The molecule has 0 spiro atoms. The number of benzene rings is 1. The second-order valence-electron chi connectivity index (χ2n) is 2.92. The number of rotatable bonds is 3. The molecule has 0 saturated heterocycles. The molecule has 0 aliphatic heterocycles. The Bertz CT molecular complexity index is 548. The van der Waals surface area contributed by atoms with Gasteiger partial charge in [-0.25, -0.2) is 4.98 Å². The lowest BCUT2D eigenvalue weighted by Gasteiger charge is -2.04. The summed E-state index contributed by atoms with van der Waals surface area (Å²) in [6, 6.07) is 9.28. The number of halogens is 1. The van der Waals surface area contributed by atoms with Crippen molar-refractivity contribution in [2.75, 3.05) is 0 Å². The van der Waals surface area contributed by atoms with E-state index in [9.17, 15) is 10.1 Å². The molecule has 6 nitrogen and oxygen atoms in total. The van der Waals surface area contributed by atoms with Gasteiger partial charge in [-0.1, -0.05) is 23.7 Å². The van der Waals surface area contributed by atoms with Crippen LogP contribution in [0.5, 0.6) is 11.6 Å². The van der Waals surface area contributed by atoms with Crippen molar-refractivity contribution in [3.05, 3.63) is 51.9 Å². The van der Waals surface area contributed by atoms with Crippen molar-refractivity contribution in [3.8, 4) is 11.6 Å². The fraction of sp³-hybridized carbons (Fsp3) is 0. The van der Waals surface area contributed by atoms with Crippen LogP contribution in [-0.4, -0.2) is 14.9 Å². The van der Waals surface area contributed by atoms with Gasteiger partial charge in [-0.3, -0.25) is 10.1 Å². The maximum Gasteiger partial charge on any atom is 0.368 e. The van der Waals surface area contributed by atoms with E-state index in [0.717, 1.165) is 6.33 Å². The van der Waals surface area contributed by atoms with Crippen LogP contribution in [0.15, 0.2) is 30.6 Å². The zero-order valence-electron chi connectivity index (χ0n) is 8.33. The van der Waals surface area contributed by atoms with Crippen LogP contribution in [0, 0.1) is 16.2 Å². The number of hydrogen-bond acceptors (Lipinski definition) is 5. The molecular weight excluding hydrogens is 246 g/mol. The summed E-state index contributed by atoms with van der Waals surface area (Å²) in [5.41, 5.74) is -0.460. The maximum absolute atomic E-state index is 10.8. The molecule has 0 unspecified atom stereocenters. The molecule has 2 aromatic rings. The van der Waals surface area contributed by atoms with Crippen LogP contribution in [-0.2, 0) is 0 Å². The zero-order chi connectivity index (χ0) is 12.3. The lowest BCUT2D eigenvalue weighted by molar-refractivity contribution is -0.386. The summed E-state index contributed by atoms with van der Waals surface area (Å²) >= 11 is 5.61. The van der Waals surface area contributed by atoms with Crippen LogP contribution in [0.25, 0.3) is 0 Å². The van der Waals surface area contributed by atoms with E-state index in [4.69, 9.17) is 16.3 Å². The third-order valence-electron chi connectivity index (χ3n) is 1.82. The molecule has 85 valence electrons.